The number of alkyl halides is 3. The number of ether oxygens (including phenoxy) is 1. The van der Waals surface area contributed by atoms with E-state index in [9.17, 15) is 13.2 Å². The maximum absolute atomic E-state index is 13.4. The van der Waals surface area contributed by atoms with Crippen molar-refractivity contribution in [3.63, 3.8) is 0 Å². The number of halogens is 3. The molecule has 0 aliphatic heterocycles. The number of unbranched alkanes of at least 4 members (excludes halogenated alkanes) is 5. The van der Waals surface area contributed by atoms with Crippen LogP contribution in [-0.4, -0.2) is 28.3 Å². The van der Waals surface area contributed by atoms with Gasteiger partial charge in [0.05, 0.1) is 30.7 Å². The van der Waals surface area contributed by atoms with E-state index in [-0.39, 0.29) is 19.0 Å². The molecule has 2 aromatic rings. The molecular formula is C20H27F3N2O2. The predicted octanol–water partition coefficient (Wildman–Crippen LogP) is 5.37. The van der Waals surface area contributed by atoms with Crippen molar-refractivity contribution in [3.05, 3.63) is 35.8 Å². The number of aliphatic hydroxyl groups is 1. The van der Waals surface area contributed by atoms with Crippen LogP contribution in [-0.2, 0) is 12.6 Å². The molecule has 7 heteroatoms. The zero-order chi connectivity index (χ0) is 19.7. The second-order valence-corrected chi connectivity index (χ2v) is 6.54. The molecular weight excluding hydrogens is 357 g/mol. The quantitative estimate of drug-likeness (QED) is 0.512. The highest BCUT2D eigenvalue weighted by atomic mass is 19.4. The Hall–Kier alpha value is -2.02. The number of aliphatic hydroxyl groups excluding tert-OH is 1. The first-order valence-electron chi connectivity index (χ1n) is 9.45. The highest BCUT2D eigenvalue weighted by Crippen LogP contribution is 2.38. The molecule has 0 aliphatic carbocycles. The van der Waals surface area contributed by atoms with Crippen LogP contribution in [0.1, 0.15) is 56.8 Å². The Morgan fingerprint density at radius 3 is 2.56 bits per heavy atom. The van der Waals surface area contributed by atoms with Crippen molar-refractivity contribution in [2.24, 2.45) is 0 Å². The number of benzene rings is 1. The summed E-state index contributed by atoms with van der Waals surface area (Å²) in [5.74, 6) is 0.388. The molecule has 1 aromatic heterocycles. The maximum atomic E-state index is 13.4. The van der Waals surface area contributed by atoms with Crippen LogP contribution >= 0.6 is 0 Å². The van der Waals surface area contributed by atoms with Crippen molar-refractivity contribution in [3.8, 4) is 17.0 Å². The number of rotatable bonds is 11. The standard InChI is InChI=1S/C20H27F3N2O2/c1-2-3-4-5-6-7-12-27-18-9-8-15(13-16(18)20(21,22)23)17-14-24-19(25-17)10-11-26/h8-9,13-14,26H,2-7,10-12H2,1H3,(H,24,25). The normalized spacial score (nSPS) is 11.7. The van der Waals surface area contributed by atoms with E-state index in [1.54, 1.807) is 6.07 Å². The molecule has 27 heavy (non-hydrogen) atoms. The van der Waals surface area contributed by atoms with Crippen LogP contribution in [0.3, 0.4) is 0 Å². The van der Waals surface area contributed by atoms with E-state index in [1.165, 1.54) is 18.7 Å². The van der Waals surface area contributed by atoms with Crippen LogP contribution in [0.5, 0.6) is 5.75 Å². The molecule has 4 nitrogen and oxygen atoms in total. The van der Waals surface area contributed by atoms with E-state index < -0.39 is 11.7 Å². The van der Waals surface area contributed by atoms with Gasteiger partial charge in [0.15, 0.2) is 0 Å². The number of H-pyrrole nitrogens is 1. The van der Waals surface area contributed by atoms with Crippen LogP contribution in [0.15, 0.2) is 24.4 Å². The van der Waals surface area contributed by atoms with E-state index >= 15 is 0 Å². The molecule has 0 unspecified atom stereocenters. The molecule has 0 saturated heterocycles. The maximum Gasteiger partial charge on any atom is 0.419 e. The van der Waals surface area contributed by atoms with E-state index in [1.807, 2.05) is 0 Å². The number of aromatic nitrogens is 2. The Morgan fingerprint density at radius 2 is 1.85 bits per heavy atom. The van der Waals surface area contributed by atoms with Crippen molar-refractivity contribution in [1.82, 2.24) is 9.97 Å². The zero-order valence-electron chi connectivity index (χ0n) is 15.6. The predicted molar refractivity (Wildman–Crippen MR) is 98.7 cm³/mol. The molecule has 1 heterocycles. The van der Waals surface area contributed by atoms with Gasteiger partial charge in [-0.15, -0.1) is 0 Å². The van der Waals surface area contributed by atoms with Crippen LogP contribution < -0.4 is 4.74 Å². The average molecular weight is 384 g/mol. The summed E-state index contributed by atoms with van der Waals surface area (Å²) < 4.78 is 45.8. The highest BCUT2D eigenvalue weighted by Gasteiger charge is 2.35. The summed E-state index contributed by atoms with van der Waals surface area (Å²) in [6, 6.07) is 4.02. The smallest absolute Gasteiger partial charge is 0.419 e. The van der Waals surface area contributed by atoms with Crippen LogP contribution in [0.4, 0.5) is 13.2 Å². The summed E-state index contributed by atoms with van der Waals surface area (Å²) in [6.07, 6.45) is 3.59. The van der Waals surface area contributed by atoms with Gasteiger partial charge in [-0.25, -0.2) is 4.98 Å². The molecule has 0 spiro atoms. The molecule has 0 bridgehead atoms. The molecule has 0 aliphatic rings. The van der Waals surface area contributed by atoms with Gasteiger partial charge in [0.1, 0.15) is 11.6 Å². The van der Waals surface area contributed by atoms with Gasteiger partial charge < -0.3 is 14.8 Å². The second kappa shape index (κ2) is 10.3. The third-order valence-corrected chi connectivity index (χ3v) is 4.33. The van der Waals surface area contributed by atoms with Gasteiger partial charge in [0.2, 0.25) is 0 Å². The van der Waals surface area contributed by atoms with Crippen molar-refractivity contribution in [2.45, 2.75) is 58.0 Å². The van der Waals surface area contributed by atoms with Crippen LogP contribution in [0.25, 0.3) is 11.3 Å². The molecule has 1 aromatic carbocycles. The number of nitrogens with one attached hydrogen (secondary N) is 1. The molecule has 0 amide bonds. The van der Waals surface area contributed by atoms with Crippen LogP contribution in [0, 0.1) is 0 Å². The van der Waals surface area contributed by atoms with Gasteiger partial charge in [-0.3, -0.25) is 0 Å². The summed E-state index contributed by atoms with van der Waals surface area (Å²) >= 11 is 0. The molecule has 2 N–H and O–H groups in total. The fourth-order valence-electron chi connectivity index (χ4n) is 2.85. The Morgan fingerprint density at radius 1 is 1.11 bits per heavy atom. The highest BCUT2D eigenvalue weighted by molar-refractivity contribution is 5.62. The first-order valence-corrected chi connectivity index (χ1v) is 9.45. The first kappa shape index (κ1) is 21.3. The zero-order valence-corrected chi connectivity index (χ0v) is 15.6. The Balaban J connectivity index is 2.04. The summed E-state index contributed by atoms with van der Waals surface area (Å²) in [7, 11) is 0. The van der Waals surface area contributed by atoms with Gasteiger partial charge in [-0.2, -0.15) is 13.2 Å². The lowest BCUT2D eigenvalue weighted by Crippen LogP contribution is -2.09. The van der Waals surface area contributed by atoms with Crippen molar-refractivity contribution in [1.29, 1.82) is 0 Å². The SMILES string of the molecule is CCCCCCCCOc1ccc(-c2cnc(CCO)[nH]2)cc1C(F)(F)F. The summed E-state index contributed by atoms with van der Waals surface area (Å²) in [5.41, 5.74) is 0.0710. The monoisotopic (exact) mass is 384 g/mol. The molecule has 150 valence electrons. The third kappa shape index (κ3) is 6.57. The second-order valence-electron chi connectivity index (χ2n) is 6.54. The summed E-state index contributed by atoms with van der Waals surface area (Å²) in [6.45, 7) is 2.34. The lowest BCUT2D eigenvalue weighted by molar-refractivity contribution is -0.138. The van der Waals surface area contributed by atoms with Crippen molar-refractivity contribution < 1.29 is 23.0 Å². The van der Waals surface area contributed by atoms with Gasteiger partial charge >= 0.3 is 6.18 Å². The number of imidazole rings is 1. The van der Waals surface area contributed by atoms with Gasteiger partial charge in [-0.05, 0) is 24.6 Å². The number of hydrogen-bond acceptors (Lipinski definition) is 3. The third-order valence-electron chi connectivity index (χ3n) is 4.33. The fourth-order valence-corrected chi connectivity index (χ4v) is 2.85. The van der Waals surface area contributed by atoms with Gasteiger partial charge in [0.25, 0.3) is 0 Å². The van der Waals surface area contributed by atoms with Gasteiger partial charge in [0, 0.05) is 12.0 Å². The molecule has 2 rings (SSSR count). The number of nitrogens with zero attached hydrogens (tertiary/aromatic N) is 1. The lowest BCUT2D eigenvalue weighted by Gasteiger charge is -2.15. The largest absolute Gasteiger partial charge is 0.493 e. The van der Waals surface area contributed by atoms with Crippen molar-refractivity contribution >= 4 is 0 Å². The minimum Gasteiger partial charge on any atom is -0.493 e. The lowest BCUT2D eigenvalue weighted by atomic mass is 10.1. The van der Waals surface area contributed by atoms with Crippen LogP contribution in [0.2, 0.25) is 0 Å². The first-order chi connectivity index (χ1) is 13.0. The number of hydrogen-bond donors (Lipinski definition) is 2. The summed E-state index contributed by atoms with van der Waals surface area (Å²) in [4.78, 5) is 6.99. The minimum atomic E-state index is -4.50. The Kier molecular flexibility index (Phi) is 8.16. The minimum absolute atomic E-state index is 0.0774. The molecule has 0 fully saturated rings. The average Bonchev–Trinajstić information content (AvgIpc) is 3.09. The Labute approximate surface area is 157 Å². The fraction of sp³-hybridized carbons (Fsp3) is 0.550. The Bertz CT molecular complexity index is 699. The van der Waals surface area contributed by atoms with E-state index in [0.29, 0.717) is 23.5 Å². The van der Waals surface area contributed by atoms with E-state index in [2.05, 4.69) is 16.9 Å². The molecule has 0 saturated carbocycles. The molecule has 0 atom stereocenters. The molecule has 0 radical (unpaired) electrons. The van der Waals surface area contributed by atoms with E-state index in [0.717, 1.165) is 38.2 Å². The topological polar surface area (TPSA) is 58.1 Å². The van der Waals surface area contributed by atoms with Crippen molar-refractivity contribution in [2.75, 3.05) is 13.2 Å². The van der Waals surface area contributed by atoms with E-state index in [4.69, 9.17) is 9.84 Å². The summed E-state index contributed by atoms with van der Waals surface area (Å²) in [5, 5.41) is 8.92. The number of aromatic amines is 1. The van der Waals surface area contributed by atoms with Gasteiger partial charge in [-0.1, -0.05) is 39.0 Å².